The van der Waals surface area contributed by atoms with Crippen LogP contribution in [0.15, 0.2) is 24.3 Å². The molecule has 0 bridgehead atoms. The van der Waals surface area contributed by atoms with Crippen LogP contribution in [-0.4, -0.2) is 12.4 Å². The van der Waals surface area contributed by atoms with Crippen LogP contribution in [0.25, 0.3) is 0 Å². The maximum Gasteiger partial charge on any atom is 0.122 e. The van der Waals surface area contributed by atoms with Gasteiger partial charge in [-0.05, 0) is 37.1 Å². The summed E-state index contributed by atoms with van der Waals surface area (Å²) in [6.07, 6.45) is 2.16. The lowest BCUT2D eigenvalue weighted by atomic mass is 10.1. The summed E-state index contributed by atoms with van der Waals surface area (Å²) in [6.45, 7) is 2.74. The van der Waals surface area contributed by atoms with E-state index in [9.17, 15) is 0 Å². The summed E-state index contributed by atoms with van der Waals surface area (Å²) < 4.78 is 5.51. The lowest BCUT2D eigenvalue weighted by Gasteiger charge is -2.08. The van der Waals surface area contributed by atoms with E-state index in [0.29, 0.717) is 0 Å². The number of ether oxygens (including phenoxy) is 1. The van der Waals surface area contributed by atoms with Gasteiger partial charge in [0.25, 0.3) is 0 Å². The molecule has 0 aliphatic carbocycles. The van der Waals surface area contributed by atoms with Crippen LogP contribution < -0.4 is 4.74 Å². The maximum atomic E-state index is 5.51. The van der Waals surface area contributed by atoms with Gasteiger partial charge in [0.2, 0.25) is 0 Å². The molecule has 0 atom stereocenters. The Balaban J connectivity index is 2.66. The highest BCUT2D eigenvalue weighted by atomic mass is 32.1. The molecule has 72 valence electrons. The zero-order chi connectivity index (χ0) is 9.52. The third-order valence-electron chi connectivity index (χ3n) is 1.88. The van der Waals surface area contributed by atoms with Crippen LogP contribution in [-0.2, 0) is 6.42 Å². The fourth-order valence-electron chi connectivity index (χ4n) is 1.28. The molecule has 1 aromatic rings. The average Bonchev–Trinajstić information content (AvgIpc) is 2.17. The van der Waals surface area contributed by atoms with Crippen molar-refractivity contribution in [2.45, 2.75) is 19.8 Å². The second-order valence-corrected chi connectivity index (χ2v) is 3.32. The first-order valence-electron chi connectivity index (χ1n) is 4.70. The van der Waals surface area contributed by atoms with Crippen molar-refractivity contribution in [1.29, 1.82) is 0 Å². The molecule has 0 saturated heterocycles. The van der Waals surface area contributed by atoms with Gasteiger partial charge in [0.1, 0.15) is 5.75 Å². The molecule has 0 aromatic heterocycles. The van der Waals surface area contributed by atoms with E-state index in [2.05, 4.69) is 24.8 Å². The number of thiol groups is 1. The first kappa shape index (κ1) is 10.5. The molecule has 0 spiro atoms. The minimum atomic E-state index is 0.734. The molecule has 2 heteroatoms. The summed E-state index contributed by atoms with van der Waals surface area (Å²) in [6, 6.07) is 8.21. The fraction of sp³-hybridized carbons (Fsp3) is 0.455. The van der Waals surface area contributed by atoms with Crippen molar-refractivity contribution in [2.75, 3.05) is 12.4 Å². The van der Waals surface area contributed by atoms with Crippen molar-refractivity contribution in [3.05, 3.63) is 29.8 Å². The van der Waals surface area contributed by atoms with Crippen molar-refractivity contribution in [1.82, 2.24) is 0 Å². The fourth-order valence-corrected chi connectivity index (χ4v) is 1.43. The molecule has 0 aliphatic heterocycles. The summed E-state index contributed by atoms with van der Waals surface area (Å²) in [4.78, 5) is 0. The molecule has 0 amide bonds. The highest BCUT2D eigenvalue weighted by molar-refractivity contribution is 7.80. The first-order chi connectivity index (χ1) is 6.38. The van der Waals surface area contributed by atoms with Gasteiger partial charge < -0.3 is 4.74 Å². The summed E-state index contributed by atoms with van der Waals surface area (Å²) in [5.41, 5.74) is 1.29. The summed E-state index contributed by atoms with van der Waals surface area (Å²) in [5.74, 6) is 1.95. The number of benzene rings is 1. The number of hydrogen-bond donors (Lipinski definition) is 1. The van der Waals surface area contributed by atoms with Gasteiger partial charge in [-0.15, -0.1) is 0 Å². The predicted octanol–water partition coefficient (Wildman–Crippen LogP) is 2.95. The lowest BCUT2D eigenvalue weighted by molar-refractivity contribution is 0.336. The van der Waals surface area contributed by atoms with Crippen molar-refractivity contribution < 1.29 is 4.74 Å². The molecule has 0 heterocycles. The summed E-state index contributed by atoms with van der Waals surface area (Å²) in [7, 11) is 0. The zero-order valence-corrected chi connectivity index (χ0v) is 8.89. The monoisotopic (exact) mass is 196 g/mol. The van der Waals surface area contributed by atoms with Crippen LogP contribution in [0.2, 0.25) is 0 Å². The number of rotatable bonds is 5. The van der Waals surface area contributed by atoms with E-state index in [1.807, 2.05) is 19.1 Å². The van der Waals surface area contributed by atoms with Gasteiger partial charge in [0.15, 0.2) is 0 Å². The third kappa shape index (κ3) is 3.31. The Labute approximate surface area is 85.5 Å². The quantitative estimate of drug-likeness (QED) is 0.712. The van der Waals surface area contributed by atoms with Crippen LogP contribution >= 0.6 is 12.6 Å². The minimum Gasteiger partial charge on any atom is -0.494 e. The Bertz CT molecular complexity index is 248. The Hall–Kier alpha value is -0.630. The van der Waals surface area contributed by atoms with Gasteiger partial charge in [-0.25, -0.2) is 0 Å². The molecule has 0 aliphatic rings. The standard InChI is InChI=1S/C11H16OS/c1-2-12-11-8-4-3-6-10(11)7-5-9-13/h3-4,6,8,13H,2,5,7,9H2,1H3. The van der Waals surface area contributed by atoms with E-state index < -0.39 is 0 Å². The van der Waals surface area contributed by atoms with Gasteiger partial charge >= 0.3 is 0 Å². The topological polar surface area (TPSA) is 9.23 Å². The van der Waals surface area contributed by atoms with Crippen LogP contribution in [0.3, 0.4) is 0 Å². The van der Waals surface area contributed by atoms with Crippen LogP contribution in [0.4, 0.5) is 0 Å². The maximum absolute atomic E-state index is 5.51. The summed E-state index contributed by atoms with van der Waals surface area (Å²) in [5, 5.41) is 0. The van der Waals surface area contributed by atoms with Crippen LogP contribution in [0.5, 0.6) is 5.75 Å². The van der Waals surface area contributed by atoms with E-state index in [1.165, 1.54) is 5.56 Å². The molecule has 0 radical (unpaired) electrons. The lowest BCUT2D eigenvalue weighted by Crippen LogP contribution is -1.96. The van der Waals surface area contributed by atoms with Crippen molar-refractivity contribution in [3.63, 3.8) is 0 Å². The SMILES string of the molecule is CCOc1ccccc1CCCS. The van der Waals surface area contributed by atoms with Crippen molar-refractivity contribution >= 4 is 12.6 Å². The van der Waals surface area contributed by atoms with Gasteiger partial charge in [-0.1, -0.05) is 18.2 Å². The van der Waals surface area contributed by atoms with Crippen LogP contribution in [0.1, 0.15) is 18.9 Å². The predicted molar refractivity (Wildman–Crippen MR) is 59.8 cm³/mol. The van der Waals surface area contributed by atoms with Gasteiger partial charge in [0.05, 0.1) is 6.61 Å². The number of para-hydroxylation sites is 1. The largest absolute Gasteiger partial charge is 0.494 e. The highest BCUT2D eigenvalue weighted by Gasteiger charge is 2.00. The molecule has 0 fully saturated rings. The Kier molecular flexibility index (Phi) is 4.76. The molecule has 13 heavy (non-hydrogen) atoms. The Morgan fingerprint density at radius 3 is 2.77 bits per heavy atom. The van der Waals surface area contributed by atoms with E-state index in [0.717, 1.165) is 31.0 Å². The second kappa shape index (κ2) is 5.92. The van der Waals surface area contributed by atoms with Gasteiger partial charge in [-0.3, -0.25) is 0 Å². The molecular weight excluding hydrogens is 180 g/mol. The number of hydrogen-bond acceptors (Lipinski definition) is 2. The molecule has 1 nitrogen and oxygen atoms in total. The van der Waals surface area contributed by atoms with E-state index in [-0.39, 0.29) is 0 Å². The normalized spacial score (nSPS) is 10.0. The molecule has 1 rings (SSSR count). The second-order valence-electron chi connectivity index (χ2n) is 2.87. The Morgan fingerprint density at radius 1 is 1.31 bits per heavy atom. The van der Waals surface area contributed by atoms with E-state index >= 15 is 0 Å². The first-order valence-corrected chi connectivity index (χ1v) is 5.33. The van der Waals surface area contributed by atoms with Gasteiger partial charge in [-0.2, -0.15) is 12.6 Å². The Morgan fingerprint density at radius 2 is 2.08 bits per heavy atom. The molecule has 0 N–H and O–H groups in total. The molecular formula is C11H16OS. The van der Waals surface area contributed by atoms with E-state index in [4.69, 9.17) is 4.74 Å². The van der Waals surface area contributed by atoms with E-state index in [1.54, 1.807) is 0 Å². The zero-order valence-electron chi connectivity index (χ0n) is 7.99. The minimum absolute atomic E-state index is 0.734. The van der Waals surface area contributed by atoms with Crippen LogP contribution in [0, 0.1) is 0 Å². The number of aryl methyl sites for hydroxylation is 1. The highest BCUT2D eigenvalue weighted by Crippen LogP contribution is 2.19. The average molecular weight is 196 g/mol. The summed E-state index contributed by atoms with van der Waals surface area (Å²) >= 11 is 4.20. The smallest absolute Gasteiger partial charge is 0.122 e. The van der Waals surface area contributed by atoms with Crippen molar-refractivity contribution in [3.8, 4) is 5.75 Å². The third-order valence-corrected chi connectivity index (χ3v) is 2.19. The van der Waals surface area contributed by atoms with Gasteiger partial charge in [0, 0.05) is 0 Å². The van der Waals surface area contributed by atoms with Crippen molar-refractivity contribution in [2.24, 2.45) is 0 Å². The molecule has 0 saturated carbocycles. The molecule has 1 aromatic carbocycles. The molecule has 0 unspecified atom stereocenters.